The van der Waals surface area contributed by atoms with Crippen molar-refractivity contribution in [1.29, 1.82) is 0 Å². The lowest BCUT2D eigenvalue weighted by atomic mass is 10.1. The van der Waals surface area contributed by atoms with Crippen LogP contribution in [0.2, 0.25) is 5.02 Å². The molecule has 20 heavy (non-hydrogen) atoms. The number of rotatable bonds is 3. The predicted molar refractivity (Wildman–Crippen MR) is 78.2 cm³/mol. The summed E-state index contributed by atoms with van der Waals surface area (Å²) in [6.07, 6.45) is 0. The van der Waals surface area contributed by atoms with E-state index in [0.717, 1.165) is 11.1 Å². The summed E-state index contributed by atoms with van der Waals surface area (Å²) in [4.78, 5) is 0. The Morgan fingerprint density at radius 3 is 2.60 bits per heavy atom. The van der Waals surface area contributed by atoms with Gasteiger partial charge >= 0.3 is 0 Å². The number of anilines is 1. The Labute approximate surface area is 121 Å². The highest BCUT2D eigenvalue weighted by Crippen LogP contribution is 2.24. The maximum Gasteiger partial charge on any atom is 0.184 e. The second kappa shape index (κ2) is 5.30. The van der Waals surface area contributed by atoms with Crippen molar-refractivity contribution in [3.8, 4) is 11.4 Å². The number of benzene rings is 2. The van der Waals surface area contributed by atoms with Gasteiger partial charge in [0.1, 0.15) is 0 Å². The first-order valence-corrected chi connectivity index (χ1v) is 6.48. The number of hydrogen-bond acceptors (Lipinski definition) is 4. The van der Waals surface area contributed by atoms with Crippen molar-refractivity contribution in [2.75, 3.05) is 5.73 Å². The van der Waals surface area contributed by atoms with E-state index in [0.29, 0.717) is 23.1 Å². The van der Waals surface area contributed by atoms with Crippen LogP contribution < -0.4 is 5.73 Å². The van der Waals surface area contributed by atoms with Crippen LogP contribution in [0.1, 0.15) is 5.56 Å². The fraction of sp³-hybridized carbons (Fsp3) is 0.0714. The van der Waals surface area contributed by atoms with E-state index in [1.54, 1.807) is 4.68 Å². The quantitative estimate of drug-likeness (QED) is 0.751. The van der Waals surface area contributed by atoms with E-state index >= 15 is 0 Å². The van der Waals surface area contributed by atoms with Crippen LogP contribution in [-0.2, 0) is 6.54 Å². The van der Waals surface area contributed by atoms with Crippen LogP contribution in [0.4, 0.5) is 5.69 Å². The summed E-state index contributed by atoms with van der Waals surface area (Å²) in [7, 11) is 0. The third kappa shape index (κ3) is 2.35. The minimum absolute atomic E-state index is 0.496. The molecule has 2 N–H and O–H groups in total. The monoisotopic (exact) mass is 285 g/mol. The zero-order chi connectivity index (χ0) is 13.9. The minimum atomic E-state index is 0.496. The summed E-state index contributed by atoms with van der Waals surface area (Å²) in [5, 5.41) is 12.5. The number of nitrogen functional groups attached to an aromatic ring is 1. The van der Waals surface area contributed by atoms with Crippen molar-refractivity contribution in [2.24, 2.45) is 0 Å². The number of para-hydroxylation sites is 1. The highest BCUT2D eigenvalue weighted by atomic mass is 35.5. The number of nitrogens with zero attached hydrogens (tertiary/aromatic N) is 4. The van der Waals surface area contributed by atoms with E-state index in [-0.39, 0.29) is 0 Å². The fourth-order valence-electron chi connectivity index (χ4n) is 1.99. The van der Waals surface area contributed by atoms with Crippen molar-refractivity contribution in [3.05, 3.63) is 59.1 Å². The van der Waals surface area contributed by atoms with Gasteiger partial charge in [-0.1, -0.05) is 41.9 Å². The van der Waals surface area contributed by atoms with Crippen LogP contribution in [-0.4, -0.2) is 20.2 Å². The maximum atomic E-state index is 6.16. The number of aromatic nitrogens is 4. The first-order chi connectivity index (χ1) is 9.75. The Kier molecular flexibility index (Phi) is 3.35. The molecule has 5 nitrogen and oxygen atoms in total. The number of nitrogens with two attached hydrogens (primary N) is 1. The van der Waals surface area contributed by atoms with Gasteiger partial charge in [-0.2, -0.15) is 0 Å². The lowest BCUT2D eigenvalue weighted by Gasteiger charge is -2.08. The molecule has 0 aliphatic rings. The van der Waals surface area contributed by atoms with Gasteiger partial charge in [0, 0.05) is 16.3 Å². The molecule has 0 atom stereocenters. The fourth-order valence-corrected chi connectivity index (χ4v) is 2.19. The lowest BCUT2D eigenvalue weighted by molar-refractivity contribution is 0.653. The van der Waals surface area contributed by atoms with Gasteiger partial charge in [-0.3, -0.25) is 0 Å². The van der Waals surface area contributed by atoms with Crippen molar-refractivity contribution in [1.82, 2.24) is 20.2 Å². The summed E-state index contributed by atoms with van der Waals surface area (Å²) in [5.74, 6) is 0.628. The molecule has 0 saturated heterocycles. The average molecular weight is 286 g/mol. The molecule has 0 saturated carbocycles. The molecule has 6 heteroatoms. The van der Waals surface area contributed by atoms with Crippen LogP contribution >= 0.6 is 11.6 Å². The molecule has 0 unspecified atom stereocenters. The van der Waals surface area contributed by atoms with E-state index in [1.807, 2.05) is 48.5 Å². The molecule has 0 aliphatic heterocycles. The first kappa shape index (κ1) is 12.6. The molecule has 0 amide bonds. The zero-order valence-corrected chi connectivity index (χ0v) is 11.3. The van der Waals surface area contributed by atoms with Crippen molar-refractivity contribution < 1.29 is 0 Å². The van der Waals surface area contributed by atoms with E-state index in [4.69, 9.17) is 17.3 Å². The van der Waals surface area contributed by atoms with Crippen LogP contribution in [0.15, 0.2) is 48.5 Å². The van der Waals surface area contributed by atoms with Crippen LogP contribution in [0, 0.1) is 0 Å². The first-order valence-electron chi connectivity index (χ1n) is 6.10. The minimum Gasteiger partial charge on any atom is -0.398 e. The van der Waals surface area contributed by atoms with Crippen LogP contribution in [0.5, 0.6) is 0 Å². The average Bonchev–Trinajstić information content (AvgIpc) is 2.90. The van der Waals surface area contributed by atoms with E-state index in [9.17, 15) is 0 Å². The van der Waals surface area contributed by atoms with Crippen molar-refractivity contribution in [2.45, 2.75) is 6.54 Å². The van der Waals surface area contributed by atoms with Crippen molar-refractivity contribution in [3.63, 3.8) is 0 Å². The Balaban J connectivity index is 2.00. The molecule has 2 aromatic carbocycles. The van der Waals surface area contributed by atoms with E-state index < -0.39 is 0 Å². The van der Waals surface area contributed by atoms with Gasteiger partial charge in [-0.15, -0.1) is 5.10 Å². The molecule has 100 valence electrons. The molecular weight excluding hydrogens is 274 g/mol. The summed E-state index contributed by atoms with van der Waals surface area (Å²) < 4.78 is 1.69. The SMILES string of the molecule is Nc1ccccc1-c1nnnn1Cc1ccccc1Cl. The molecular formula is C14H12ClN5. The molecule has 1 heterocycles. The normalized spacial score (nSPS) is 10.7. The summed E-state index contributed by atoms with van der Waals surface area (Å²) in [5.41, 5.74) is 8.38. The van der Waals surface area contributed by atoms with Crippen LogP contribution in [0.25, 0.3) is 11.4 Å². The third-order valence-corrected chi connectivity index (χ3v) is 3.38. The molecule has 0 radical (unpaired) electrons. The molecule has 0 aliphatic carbocycles. The summed E-state index contributed by atoms with van der Waals surface area (Å²) in [6, 6.07) is 15.1. The molecule has 0 spiro atoms. The second-order valence-electron chi connectivity index (χ2n) is 4.34. The Hall–Kier alpha value is -2.40. The van der Waals surface area contributed by atoms with Crippen molar-refractivity contribution >= 4 is 17.3 Å². The van der Waals surface area contributed by atoms with Gasteiger partial charge < -0.3 is 5.73 Å². The smallest absolute Gasteiger partial charge is 0.184 e. The summed E-state index contributed by atoms with van der Waals surface area (Å²) in [6.45, 7) is 0.496. The summed E-state index contributed by atoms with van der Waals surface area (Å²) >= 11 is 6.16. The molecule has 3 rings (SSSR count). The number of halogens is 1. The molecule has 0 fully saturated rings. The molecule has 3 aromatic rings. The number of tetrazole rings is 1. The lowest BCUT2D eigenvalue weighted by Crippen LogP contribution is -2.06. The standard InChI is InChI=1S/C14H12ClN5/c15-12-7-3-1-5-10(12)9-20-14(17-18-19-20)11-6-2-4-8-13(11)16/h1-8H,9,16H2. The number of hydrogen-bond donors (Lipinski definition) is 1. The Bertz CT molecular complexity index is 738. The predicted octanol–water partition coefficient (Wildman–Crippen LogP) is 2.62. The second-order valence-corrected chi connectivity index (χ2v) is 4.75. The molecule has 1 aromatic heterocycles. The Morgan fingerprint density at radius 1 is 1.05 bits per heavy atom. The van der Waals surface area contributed by atoms with E-state index in [2.05, 4.69) is 15.5 Å². The zero-order valence-electron chi connectivity index (χ0n) is 10.6. The maximum absolute atomic E-state index is 6.16. The van der Waals surface area contributed by atoms with Gasteiger partial charge in [0.15, 0.2) is 5.82 Å². The third-order valence-electron chi connectivity index (χ3n) is 3.01. The van der Waals surface area contributed by atoms with Crippen LogP contribution in [0.3, 0.4) is 0 Å². The highest BCUT2D eigenvalue weighted by molar-refractivity contribution is 6.31. The van der Waals surface area contributed by atoms with Gasteiger partial charge in [0.2, 0.25) is 0 Å². The van der Waals surface area contributed by atoms with E-state index in [1.165, 1.54) is 0 Å². The topological polar surface area (TPSA) is 69.6 Å². The Morgan fingerprint density at radius 2 is 1.80 bits per heavy atom. The highest BCUT2D eigenvalue weighted by Gasteiger charge is 2.12. The van der Waals surface area contributed by atoms with Gasteiger partial charge in [-0.25, -0.2) is 4.68 Å². The van der Waals surface area contributed by atoms with Gasteiger partial charge in [-0.05, 0) is 34.2 Å². The van der Waals surface area contributed by atoms with Gasteiger partial charge in [0.05, 0.1) is 6.54 Å². The largest absolute Gasteiger partial charge is 0.398 e. The van der Waals surface area contributed by atoms with Gasteiger partial charge in [0.25, 0.3) is 0 Å². The molecule has 0 bridgehead atoms.